The van der Waals surface area contributed by atoms with Crippen LogP contribution in [0.4, 0.5) is 0 Å². The maximum Gasteiger partial charge on any atom is 0.0110 e. The quantitative estimate of drug-likeness (QED) is 0.661. The van der Waals surface area contributed by atoms with Crippen LogP contribution in [0.25, 0.3) is 0 Å². The fraction of sp³-hybridized carbons (Fsp3) is 0.833. The molecule has 0 spiro atoms. The lowest BCUT2D eigenvalue weighted by atomic mass is 9.84. The Hall–Kier alpha value is -0.340. The van der Waals surface area contributed by atoms with Crippen molar-refractivity contribution < 1.29 is 0 Å². The van der Waals surface area contributed by atoms with E-state index in [0.717, 1.165) is 13.0 Å². The van der Waals surface area contributed by atoms with Gasteiger partial charge in [-0.05, 0) is 38.6 Å². The molecule has 0 bridgehead atoms. The monoisotopic (exact) mass is 196 g/mol. The molecule has 0 saturated heterocycles. The largest absolute Gasteiger partial charge is 0.330 e. The topological polar surface area (TPSA) is 38.0 Å². The third kappa shape index (κ3) is 3.43. The molecule has 0 aromatic rings. The Morgan fingerprint density at radius 2 is 2.21 bits per heavy atom. The van der Waals surface area contributed by atoms with Gasteiger partial charge in [-0.15, -0.1) is 6.58 Å². The average Bonchev–Trinajstić information content (AvgIpc) is 2.19. The summed E-state index contributed by atoms with van der Waals surface area (Å²) < 4.78 is 0. The lowest BCUT2D eigenvalue weighted by Gasteiger charge is -2.33. The zero-order valence-corrected chi connectivity index (χ0v) is 9.34. The third-order valence-electron chi connectivity index (χ3n) is 3.23. The van der Waals surface area contributed by atoms with Crippen molar-refractivity contribution >= 4 is 0 Å². The predicted octanol–water partition coefficient (Wildman–Crippen LogP) is 2.06. The van der Waals surface area contributed by atoms with E-state index in [4.69, 9.17) is 5.73 Å². The molecule has 3 unspecified atom stereocenters. The number of hydrogen-bond acceptors (Lipinski definition) is 2. The van der Waals surface area contributed by atoms with Crippen molar-refractivity contribution in [3.63, 3.8) is 0 Å². The van der Waals surface area contributed by atoms with Gasteiger partial charge in [-0.25, -0.2) is 0 Å². The Kier molecular flexibility index (Phi) is 5.20. The molecule has 0 radical (unpaired) electrons. The van der Waals surface area contributed by atoms with E-state index in [0.29, 0.717) is 18.0 Å². The van der Waals surface area contributed by atoms with Crippen LogP contribution in [0.5, 0.6) is 0 Å². The van der Waals surface area contributed by atoms with E-state index in [1.807, 2.05) is 6.08 Å². The first-order chi connectivity index (χ1) is 6.77. The molecule has 1 fully saturated rings. The first-order valence-electron chi connectivity index (χ1n) is 5.85. The molecule has 1 aliphatic rings. The van der Waals surface area contributed by atoms with Gasteiger partial charge >= 0.3 is 0 Å². The Labute approximate surface area is 87.9 Å². The molecule has 0 aromatic carbocycles. The molecule has 0 amide bonds. The van der Waals surface area contributed by atoms with Gasteiger partial charge in [-0.2, -0.15) is 0 Å². The van der Waals surface area contributed by atoms with Crippen LogP contribution in [-0.4, -0.2) is 18.6 Å². The molecule has 82 valence electrons. The maximum atomic E-state index is 5.78. The Bertz CT molecular complexity index is 168. The van der Waals surface area contributed by atoms with Gasteiger partial charge < -0.3 is 11.1 Å². The third-order valence-corrected chi connectivity index (χ3v) is 3.23. The average molecular weight is 196 g/mol. The number of hydrogen-bond donors (Lipinski definition) is 2. The fourth-order valence-electron chi connectivity index (χ4n) is 2.39. The first kappa shape index (κ1) is 11.7. The summed E-state index contributed by atoms with van der Waals surface area (Å²) in [5, 5.41) is 3.67. The van der Waals surface area contributed by atoms with Gasteiger partial charge in [0.25, 0.3) is 0 Å². The van der Waals surface area contributed by atoms with Crippen molar-refractivity contribution in [3.8, 4) is 0 Å². The van der Waals surface area contributed by atoms with E-state index in [1.165, 1.54) is 25.7 Å². The first-order valence-corrected chi connectivity index (χ1v) is 5.85. The molecular weight excluding hydrogens is 172 g/mol. The molecule has 2 heteroatoms. The number of rotatable bonds is 5. The van der Waals surface area contributed by atoms with Crippen molar-refractivity contribution in [3.05, 3.63) is 12.7 Å². The summed E-state index contributed by atoms with van der Waals surface area (Å²) in [6.45, 7) is 6.83. The molecule has 0 aromatic heterocycles. The second-order valence-electron chi connectivity index (χ2n) is 4.48. The van der Waals surface area contributed by atoms with Crippen LogP contribution < -0.4 is 11.1 Å². The summed E-state index contributed by atoms with van der Waals surface area (Å²) in [7, 11) is 0. The van der Waals surface area contributed by atoms with E-state index in [9.17, 15) is 0 Å². The highest BCUT2D eigenvalue weighted by Crippen LogP contribution is 2.24. The van der Waals surface area contributed by atoms with Crippen LogP contribution in [0, 0.1) is 5.92 Å². The van der Waals surface area contributed by atoms with Crippen molar-refractivity contribution in [2.45, 2.75) is 51.1 Å². The molecular formula is C12H24N2. The lowest BCUT2D eigenvalue weighted by Crippen LogP contribution is -2.45. The minimum absolute atomic E-state index is 0.546. The molecule has 0 aliphatic heterocycles. The van der Waals surface area contributed by atoms with Gasteiger partial charge in [0.2, 0.25) is 0 Å². The van der Waals surface area contributed by atoms with E-state index in [1.54, 1.807) is 0 Å². The van der Waals surface area contributed by atoms with Gasteiger partial charge in [0.05, 0.1) is 0 Å². The van der Waals surface area contributed by atoms with E-state index in [-0.39, 0.29) is 0 Å². The van der Waals surface area contributed by atoms with Gasteiger partial charge in [0.1, 0.15) is 0 Å². The van der Waals surface area contributed by atoms with Gasteiger partial charge in [-0.3, -0.25) is 0 Å². The SMILES string of the molecule is C=CCC(C)NC1CCCCC1CN. The summed E-state index contributed by atoms with van der Waals surface area (Å²) in [4.78, 5) is 0. The standard InChI is InChI=1S/C12H24N2/c1-3-6-10(2)14-12-8-5-4-7-11(12)9-13/h3,10-12,14H,1,4-9,13H2,2H3. The number of nitrogens with two attached hydrogens (primary N) is 1. The van der Waals surface area contributed by atoms with E-state index in [2.05, 4.69) is 18.8 Å². The molecule has 1 rings (SSSR count). The maximum absolute atomic E-state index is 5.78. The molecule has 1 aliphatic carbocycles. The van der Waals surface area contributed by atoms with E-state index >= 15 is 0 Å². The van der Waals surface area contributed by atoms with Gasteiger partial charge in [0.15, 0.2) is 0 Å². The van der Waals surface area contributed by atoms with Crippen LogP contribution >= 0.6 is 0 Å². The number of nitrogens with one attached hydrogen (secondary N) is 1. The normalized spacial score (nSPS) is 29.9. The molecule has 0 heterocycles. The van der Waals surface area contributed by atoms with Crippen molar-refractivity contribution in [2.75, 3.05) is 6.54 Å². The second kappa shape index (κ2) is 6.20. The van der Waals surface area contributed by atoms with E-state index < -0.39 is 0 Å². The Balaban J connectivity index is 2.35. The minimum Gasteiger partial charge on any atom is -0.330 e. The highest BCUT2D eigenvalue weighted by molar-refractivity contribution is 4.85. The van der Waals surface area contributed by atoms with Crippen LogP contribution in [0.15, 0.2) is 12.7 Å². The Morgan fingerprint density at radius 3 is 2.86 bits per heavy atom. The van der Waals surface area contributed by atoms with Crippen LogP contribution in [0.1, 0.15) is 39.0 Å². The highest BCUT2D eigenvalue weighted by Gasteiger charge is 2.24. The fourth-order valence-corrected chi connectivity index (χ4v) is 2.39. The van der Waals surface area contributed by atoms with Crippen molar-refractivity contribution in [2.24, 2.45) is 11.7 Å². The van der Waals surface area contributed by atoms with Crippen LogP contribution in [0.3, 0.4) is 0 Å². The minimum atomic E-state index is 0.546. The molecule has 1 saturated carbocycles. The second-order valence-corrected chi connectivity index (χ2v) is 4.48. The molecule has 2 nitrogen and oxygen atoms in total. The zero-order chi connectivity index (χ0) is 10.4. The molecule has 14 heavy (non-hydrogen) atoms. The smallest absolute Gasteiger partial charge is 0.0110 e. The van der Waals surface area contributed by atoms with Gasteiger partial charge in [0, 0.05) is 12.1 Å². The molecule has 3 N–H and O–H groups in total. The van der Waals surface area contributed by atoms with Gasteiger partial charge in [-0.1, -0.05) is 18.9 Å². The van der Waals surface area contributed by atoms with Crippen LogP contribution in [0.2, 0.25) is 0 Å². The van der Waals surface area contributed by atoms with Crippen molar-refractivity contribution in [1.29, 1.82) is 0 Å². The summed E-state index contributed by atoms with van der Waals surface area (Å²) >= 11 is 0. The summed E-state index contributed by atoms with van der Waals surface area (Å²) in [5.41, 5.74) is 5.78. The lowest BCUT2D eigenvalue weighted by molar-refractivity contribution is 0.251. The summed E-state index contributed by atoms with van der Waals surface area (Å²) in [6.07, 6.45) is 8.34. The Morgan fingerprint density at radius 1 is 1.50 bits per heavy atom. The van der Waals surface area contributed by atoms with Crippen molar-refractivity contribution in [1.82, 2.24) is 5.32 Å². The predicted molar refractivity (Wildman–Crippen MR) is 62.2 cm³/mol. The van der Waals surface area contributed by atoms with Crippen LogP contribution in [-0.2, 0) is 0 Å². The highest BCUT2D eigenvalue weighted by atomic mass is 15.0. The molecule has 3 atom stereocenters. The zero-order valence-electron chi connectivity index (χ0n) is 9.34. The summed E-state index contributed by atoms with van der Waals surface area (Å²) in [6, 6.07) is 1.19. The summed E-state index contributed by atoms with van der Waals surface area (Å²) in [5.74, 6) is 0.691.